The molecule has 2 nitrogen and oxygen atoms in total. The van der Waals surface area contributed by atoms with Gasteiger partial charge in [-0.25, -0.2) is 4.98 Å². The van der Waals surface area contributed by atoms with E-state index in [9.17, 15) is 13.2 Å². The van der Waals surface area contributed by atoms with Crippen LogP contribution in [-0.2, 0) is 6.18 Å². The van der Waals surface area contributed by atoms with Crippen molar-refractivity contribution in [3.8, 4) is 6.07 Å². The number of aromatic nitrogens is 1. The Morgan fingerprint density at radius 1 is 1.42 bits per heavy atom. The second-order valence-corrected chi connectivity index (χ2v) is 2.04. The number of alkyl halides is 3. The van der Waals surface area contributed by atoms with Crippen molar-refractivity contribution < 1.29 is 13.2 Å². The van der Waals surface area contributed by atoms with E-state index in [-0.39, 0.29) is 5.69 Å². The fourth-order valence-corrected chi connectivity index (χ4v) is 0.668. The maximum atomic E-state index is 12.0. The third kappa shape index (κ3) is 1.72. The van der Waals surface area contributed by atoms with E-state index >= 15 is 0 Å². The Morgan fingerprint density at radius 2 is 2.08 bits per heavy atom. The van der Waals surface area contributed by atoms with Crippen LogP contribution in [0.2, 0.25) is 0 Å². The molecule has 1 aromatic heterocycles. The molecule has 0 saturated heterocycles. The molecule has 1 rings (SSSR count). The minimum atomic E-state index is -4.41. The molecule has 5 heteroatoms. The highest BCUT2D eigenvalue weighted by atomic mass is 19.4. The van der Waals surface area contributed by atoms with Gasteiger partial charge in [-0.15, -0.1) is 0 Å². The number of pyridine rings is 1. The number of hydrogen-bond donors (Lipinski definition) is 0. The van der Waals surface area contributed by atoms with Gasteiger partial charge in [-0.2, -0.15) is 18.4 Å². The zero-order valence-electron chi connectivity index (χ0n) is 5.76. The third-order valence-electron chi connectivity index (χ3n) is 1.20. The lowest BCUT2D eigenvalue weighted by Gasteiger charge is -2.04. The number of nitriles is 1. The van der Waals surface area contributed by atoms with Gasteiger partial charge in [0.15, 0.2) is 0 Å². The van der Waals surface area contributed by atoms with Crippen LogP contribution in [0.4, 0.5) is 13.2 Å². The molecule has 0 saturated carbocycles. The molecule has 1 heterocycles. The maximum absolute atomic E-state index is 12.0. The summed E-state index contributed by atoms with van der Waals surface area (Å²) >= 11 is 0. The summed E-state index contributed by atoms with van der Waals surface area (Å²) in [4.78, 5) is 3.41. The lowest BCUT2D eigenvalue weighted by atomic mass is 10.2. The van der Waals surface area contributed by atoms with Gasteiger partial charge in [-0.1, -0.05) is 0 Å². The zero-order chi connectivity index (χ0) is 9.19. The number of halogens is 3. The SMILES string of the molecule is N#Cc1cc(C(F)(F)F)ccn1. The van der Waals surface area contributed by atoms with Crippen molar-refractivity contribution in [2.24, 2.45) is 0 Å². The number of rotatable bonds is 0. The van der Waals surface area contributed by atoms with E-state index in [0.29, 0.717) is 6.07 Å². The minimum Gasteiger partial charge on any atom is -0.246 e. The summed E-state index contributed by atoms with van der Waals surface area (Å²) in [6.07, 6.45) is -3.45. The van der Waals surface area contributed by atoms with E-state index in [4.69, 9.17) is 5.26 Å². The van der Waals surface area contributed by atoms with Crippen molar-refractivity contribution in [3.63, 3.8) is 0 Å². The molecule has 0 fully saturated rings. The summed E-state index contributed by atoms with van der Waals surface area (Å²) in [5.41, 5.74) is -1.08. The van der Waals surface area contributed by atoms with Crippen LogP contribution < -0.4 is 0 Å². The van der Waals surface area contributed by atoms with E-state index in [2.05, 4.69) is 4.98 Å². The van der Waals surface area contributed by atoms with Crippen LogP contribution in [-0.4, -0.2) is 4.98 Å². The normalized spacial score (nSPS) is 10.8. The summed E-state index contributed by atoms with van der Waals surface area (Å²) in [5.74, 6) is 0. The van der Waals surface area contributed by atoms with E-state index in [0.717, 1.165) is 12.3 Å². The molecule has 0 aliphatic heterocycles. The fourth-order valence-electron chi connectivity index (χ4n) is 0.668. The molecule has 0 aliphatic rings. The quantitative estimate of drug-likeness (QED) is 0.599. The minimum absolute atomic E-state index is 0.232. The second kappa shape index (κ2) is 2.81. The van der Waals surface area contributed by atoms with Crippen molar-refractivity contribution in [2.45, 2.75) is 6.18 Å². The molecule has 0 amide bonds. The molecule has 1 aromatic rings. The smallest absolute Gasteiger partial charge is 0.246 e. The van der Waals surface area contributed by atoms with E-state index in [1.54, 1.807) is 0 Å². The van der Waals surface area contributed by atoms with Gasteiger partial charge >= 0.3 is 6.18 Å². The van der Waals surface area contributed by atoms with Gasteiger partial charge in [0, 0.05) is 6.20 Å². The highest BCUT2D eigenvalue weighted by molar-refractivity contribution is 5.26. The summed E-state index contributed by atoms with van der Waals surface area (Å²) in [6, 6.07) is 3.06. The first-order valence-corrected chi connectivity index (χ1v) is 2.97. The molecule has 12 heavy (non-hydrogen) atoms. The van der Waals surface area contributed by atoms with Crippen LogP contribution in [0.5, 0.6) is 0 Å². The van der Waals surface area contributed by atoms with Gasteiger partial charge in [0.1, 0.15) is 11.8 Å². The average Bonchev–Trinajstić information content (AvgIpc) is 2.03. The van der Waals surface area contributed by atoms with Gasteiger partial charge in [-0.05, 0) is 12.1 Å². The largest absolute Gasteiger partial charge is 0.416 e. The first kappa shape index (κ1) is 8.53. The summed E-state index contributed by atoms with van der Waals surface area (Å²) in [5, 5.41) is 8.25. The second-order valence-electron chi connectivity index (χ2n) is 2.04. The molecule has 0 atom stereocenters. The Balaban J connectivity index is 3.13. The molecular formula is C7H3F3N2. The van der Waals surface area contributed by atoms with Crippen molar-refractivity contribution >= 4 is 0 Å². The van der Waals surface area contributed by atoms with Crippen LogP contribution in [0.15, 0.2) is 18.3 Å². The van der Waals surface area contributed by atoms with Crippen LogP contribution in [0.1, 0.15) is 11.3 Å². The number of hydrogen-bond acceptors (Lipinski definition) is 2. The number of nitrogens with zero attached hydrogens (tertiary/aromatic N) is 2. The Kier molecular flexibility index (Phi) is 2.00. The first-order chi connectivity index (χ1) is 5.54. The Bertz CT molecular complexity index is 324. The predicted molar refractivity (Wildman–Crippen MR) is 34.0 cm³/mol. The Morgan fingerprint density at radius 3 is 2.58 bits per heavy atom. The molecular weight excluding hydrogens is 169 g/mol. The van der Waals surface area contributed by atoms with Gasteiger partial charge in [0.2, 0.25) is 0 Å². The molecule has 0 radical (unpaired) electrons. The summed E-state index contributed by atoms with van der Waals surface area (Å²) in [6.45, 7) is 0. The highest BCUT2D eigenvalue weighted by Crippen LogP contribution is 2.28. The van der Waals surface area contributed by atoms with Gasteiger partial charge in [0.05, 0.1) is 5.56 Å². The van der Waals surface area contributed by atoms with Crippen molar-refractivity contribution in [1.82, 2.24) is 4.98 Å². The van der Waals surface area contributed by atoms with Crippen LogP contribution in [0.25, 0.3) is 0 Å². The van der Waals surface area contributed by atoms with Crippen LogP contribution >= 0.6 is 0 Å². The van der Waals surface area contributed by atoms with Gasteiger partial charge < -0.3 is 0 Å². The molecule has 0 spiro atoms. The molecule has 0 bridgehead atoms. The molecule has 0 aromatic carbocycles. The third-order valence-corrected chi connectivity index (χ3v) is 1.20. The average molecular weight is 172 g/mol. The van der Waals surface area contributed by atoms with E-state index in [1.807, 2.05) is 0 Å². The van der Waals surface area contributed by atoms with Crippen molar-refractivity contribution in [2.75, 3.05) is 0 Å². The molecule has 62 valence electrons. The zero-order valence-corrected chi connectivity index (χ0v) is 5.76. The predicted octanol–water partition coefficient (Wildman–Crippen LogP) is 1.97. The molecule has 0 N–H and O–H groups in total. The summed E-state index contributed by atoms with van der Waals surface area (Å²) in [7, 11) is 0. The van der Waals surface area contributed by atoms with E-state index < -0.39 is 11.7 Å². The summed E-state index contributed by atoms with van der Waals surface area (Å²) < 4.78 is 35.9. The maximum Gasteiger partial charge on any atom is 0.416 e. The Hall–Kier alpha value is -1.57. The molecule has 0 aliphatic carbocycles. The van der Waals surface area contributed by atoms with Crippen LogP contribution in [0.3, 0.4) is 0 Å². The van der Waals surface area contributed by atoms with E-state index in [1.165, 1.54) is 6.07 Å². The highest BCUT2D eigenvalue weighted by Gasteiger charge is 2.30. The topological polar surface area (TPSA) is 36.7 Å². The van der Waals surface area contributed by atoms with Crippen molar-refractivity contribution in [1.29, 1.82) is 5.26 Å². The van der Waals surface area contributed by atoms with Crippen molar-refractivity contribution in [3.05, 3.63) is 29.6 Å². The molecule has 0 unspecified atom stereocenters. The van der Waals surface area contributed by atoms with Gasteiger partial charge in [-0.3, -0.25) is 0 Å². The monoisotopic (exact) mass is 172 g/mol. The first-order valence-electron chi connectivity index (χ1n) is 2.97. The van der Waals surface area contributed by atoms with Gasteiger partial charge in [0.25, 0.3) is 0 Å². The van der Waals surface area contributed by atoms with Crippen LogP contribution in [0, 0.1) is 11.3 Å². The lowest BCUT2D eigenvalue weighted by Crippen LogP contribution is -2.05. The standard InChI is InChI=1S/C7H3F3N2/c8-7(9,10)5-1-2-12-6(3-5)4-11/h1-3H. The Labute approximate surface area is 66.3 Å². The fraction of sp³-hybridized carbons (Fsp3) is 0.143. The lowest BCUT2D eigenvalue weighted by molar-refractivity contribution is -0.137.